The SMILES string of the molecule is CCC(N)(CC)c1nc2cc(Cl)cc(C)c2o1. The first-order valence-electron chi connectivity index (χ1n) is 5.86. The minimum Gasteiger partial charge on any atom is -0.438 e. The van der Waals surface area contributed by atoms with E-state index in [0.717, 1.165) is 29.5 Å². The standard InChI is InChI=1S/C13H17ClN2O/c1-4-13(15,5-2)12-16-10-7-9(14)6-8(3)11(10)17-12/h6-7H,4-5,15H2,1-3H3. The highest BCUT2D eigenvalue weighted by atomic mass is 35.5. The number of rotatable bonds is 3. The Bertz CT molecular complexity index is 544. The van der Waals surface area contributed by atoms with E-state index in [4.69, 9.17) is 21.8 Å². The zero-order chi connectivity index (χ0) is 12.6. The molecule has 4 heteroatoms. The maximum Gasteiger partial charge on any atom is 0.215 e. The van der Waals surface area contributed by atoms with Crippen molar-refractivity contribution in [2.75, 3.05) is 0 Å². The molecule has 2 aromatic rings. The van der Waals surface area contributed by atoms with Gasteiger partial charge in [0.15, 0.2) is 5.58 Å². The molecule has 0 aliphatic heterocycles. The van der Waals surface area contributed by atoms with Crippen LogP contribution < -0.4 is 5.73 Å². The van der Waals surface area contributed by atoms with Crippen LogP contribution in [0.3, 0.4) is 0 Å². The summed E-state index contributed by atoms with van der Waals surface area (Å²) in [6, 6.07) is 3.68. The fourth-order valence-corrected chi connectivity index (χ4v) is 2.19. The molecule has 0 bridgehead atoms. The van der Waals surface area contributed by atoms with Crippen molar-refractivity contribution in [2.45, 2.75) is 39.2 Å². The molecule has 2 rings (SSSR count). The first-order chi connectivity index (χ1) is 8.00. The van der Waals surface area contributed by atoms with E-state index in [1.54, 1.807) is 0 Å². The lowest BCUT2D eigenvalue weighted by Crippen LogP contribution is -2.35. The van der Waals surface area contributed by atoms with Crippen LogP contribution in [0.2, 0.25) is 5.02 Å². The number of hydrogen-bond acceptors (Lipinski definition) is 3. The second-order valence-electron chi connectivity index (χ2n) is 4.45. The van der Waals surface area contributed by atoms with Gasteiger partial charge in [-0.1, -0.05) is 25.4 Å². The molecule has 0 unspecified atom stereocenters. The van der Waals surface area contributed by atoms with Gasteiger partial charge >= 0.3 is 0 Å². The molecule has 0 saturated heterocycles. The number of aryl methyl sites for hydroxylation is 1. The Morgan fingerprint density at radius 3 is 2.59 bits per heavy atom. The van der Waals surface area contributed by atoms with Gasteiger partial charge in [-0.3, -0.25) is 0 Å². The highest BCUT2D eigenvalue weighted by Crippen LogP contribution is 2.31. The number of nitrogens with zero attached hydrogens (tertiary/aromatic N) is 1. The van der Waals surface area contributed by atoms with E-state index in [2.05, 4.69) is 4.98 Å². The number of benzene rings is 1. The molecule has 0 spiro atoms. The number of nitrogens with two attached hydrogens (primary N) is 1. The van der Waals surface area contributed by atoms with Crippen LogP contribution in [-0.2, 0) is 5.54 Å². The highest BCUT2D eigenvalue weighted by molar-refractivity contribution is 6.31. The lowest BCUT2D eigenvalue weighted by Gasteiger charge is -2.21. The predicted octanol–water partition coefficient (Wildman–Crippen LogP) is 3.76. The van der Waals surface area contributed by atoms with E-state index >= 15 is 0 Å². The summed E-state index contributed by atoms with van der Waals surface area (Å²) < 4.78 is 5.81. The lowest BCUT2D eigenvalue weighted by molar-refractivity contribution is 0.318. The lowest BCUT2D eigenvalue weighted by atomic mass is 9.94. The molecular weight excluding hydrogens is 236 g/mol. The van der Waals surface area contributed by atoms with E-state index in [1.165, 1.54) is 0 Å². The van der Waals surface area contributed by atoms with Crippen LogP contribution >= 0.6 is 11.6 Å². The van der Waals surface area contributed by atoms with E-state index in [1.807, 2.05) is 32.9 Å². The van der Waals surface area contributed by atoms with Crippen molar-refractivity contribution in [1.82, 2.24) is 4.98 Å². The van der Waals surface area contributed by atoms with Crippen molar-refractivity contribution in [1.29, 1.82) is 0 Å². The van der Waals surface area contributed by atoms with Gasteiger partial charge in [0.2, 0.25) is 5.89 Å². The Morgan fingerprint density at radius 1 is 1.35 bits per heavy atom. The summed E-state index contributed by atoms with van der Waals surface area (Å²) in [5, 5.41) is 0.672. The Hall–Kier alpha value is -1.06. The van der Waals surface area contributed by atoms with Crippen LogP contribution in [0.25, 0.3) is 11.1 Å². The smallest absolute Gasteiger partial charge is 0.215 e. The molecular formula is C13H17ClN2O. The third-order valence-corrected chi connectivity index (χ3v) is 3.55. The quantitative estimate of drug-likeness (QED) is 0.905. The average molecular weight is 253 g/mol. The Morgan fingerprint density at radius 2 is 2.00 bits per heavy atom. The summed E-state index contributed by atoms with van der Waals surface area (Å²) >= 11 is 6.00. The predicted molar refractivity (Wildman–Crippen MR) is 70.2 cm³/mol. The molecule has 1 aromatic carbocycles. The van der Waals surface area contributed by atoms with Crippen LogP contribution in [-0.4, -0.2) is 4.98 Å². The minimum absolute atomic E-state index is 0.488. The largest absolute Gasteiger partial charge is 0.438 e. The van der Waals surface area contributed by atoms with Crippen molar-refractivity contribution in [2.24, 2.45) is 5.73 Å². The second kappa shape index (κ2) is 4.31. The Labute approximate surface area is 106 Å². The summed E-state index contributed by atoms with van der Waals surface area (Å²) in [4.78, 5) is 4.47. The zero-order valence-corrected chi connectivity index (χ0v) is 11.1. The van der Waals surface area contributed by atoms with Crippen LogP contribution in [0.1, 0.15) is 38.1 Å². The van der Waals surface area contributed by atoms with Crippen molar-refractivity contribution in [3.8, 4) is 0 Å². The summed E-state index contributed by atoms with van der Waals surface area (Å²) in [6.07, 6.45) is 1.59. The number of oxazole rings is 1. The normalized spacial score (nSPS) is 12.3. The molecule has 92 valence electrons. The van der Waals surface area contributed by atoms with Crippen LogP contribution in [0, 0.1) is 6.92 Å². The molecule has 0 aliphatic carbocycles. The summed E-state index contributed by atoms with van der Waals surface area (Å²) in [7, 11) is 0. The van der Waals surface area contributed by atoms with E-state index in [9.17, 15) is 0 Å². The van der Waals surface area contributed by atoms with Gasteiger partial charge in [-0.05, 0) is 37.5 Å². The van der Waals surface area contributed by atoms with Crippen LogP contribution in [0.15, 0.2) is 16.5 Å². The first kappa shape index (κ1) is 12.4. The molecule has 3 nitrogen and oxygen atoms in total. The summed E-state index contributed by atoms with van der Waals surface area (Å²) in [6.45, 7) is 6.04. The van der Waals surface area contributed by atoms with Crippen LogP contribution in [0.4, 0.5) is 0 Å². The summed E-state index contributed by atoms with van der Waals surface area (Å²) in [5.74, 6) is 0.600. The van der Waals surface area contributed by atoms with Crippen molar-refractivity contribution in [3.05, 3.63) is 28.6 Å². The number of halogens is 1. The average Bonchev–Trinajstić information content (AvgIpc) is 2.72. The van der Waals surface area contributed by atoms with Gasteiger partial charge in [0.1, 0.15) is 5.52 Å². The monoisotopic (exact) mass is 252 g/mol. The number of fused-ring (bicyclic) bond motifs is 1. The molecule has 0 amide bonds. The molecule has 0 radical (unpaired) electrons. The fraction of sp³-hybridized carbons (Fsp3) is 0.462. The minimum atomic E-state index is -0.488. The van der Waals surface area contributed by atoms with Crippen molar-refractivity contribution >= 4 is 22.7 Å². The second-order valence-corrected chi connectivity index (χ2v) is 4.89. The topological polar surface area (TPSA) is 52.0 Å². The third kappa shape index (κ3) is 2.05. The molecule has 2 N–H and O–H groups in total. The van der Waals surface area contributed by atoms with Gasteiger partial charge in [-0.25, -0.2) is 4.98 Å². The first-order valence-corrected chi connectivity index (χ1v) is 6.24. The fourth-order valence-electron chi connectivity index (χ4n) is 1.92. The van der Waals surface area contributed by atoms with Gasteiger partial charge in [0, 0.05) is 5.02 Å². The molecule has 0 aliphatic rings. The van der Waals surface area contributed by atoms with E-state index in [-0.39, 0.29) is 0 Å². The maximum absolute atomic E-state index is 6.28. The van der Waals surface area contributed by atoms with Crippen molar-refractivity contribution in [3.63, 3.8) is 0 Å². The number of hydrogen-bond donors (Lipinski definition) is 1. The van der Waals surface area contributed by atoms with Crippen molar-refractivity contribution < 1.29 is 4.42 Å². The Kier molecular flexibility index (Phi) is 3.15. The third-order valence-electron chi connectivity index (χ3n) is 3.33. The summed E-state index contributed by atoms with van der Waals surface area (Å²) in [5.41, 5.74) is 8.34. The molecule has 17 heavy (non-hydrogen) atoms. The van der Waals surface area contributed by atoms with Gasteiger partial charge in [-0.15, -0.1) is 0 Å². The molecule has 0 saturated carbocycles. The molecule has 0 atom stereocenters. The molecule has 0 fully saturated rings. The van der Waals surface area contributed by atoms with Gasteiger partial charge in [0.05, 0.1) is 5.54 Å². The molecule has 1 heterocycles. The number of aromatic nitrogens is 1. The maximum atomic E-state index is 6.28. The molecule has 1 aromatic heterocycles. The Balaban J connectivity index is 2.62. The zero-order valence-electron chi connectivity index (χ0n) is 10.4. The highest BCUT2D eigenvalue weighted by Gasteiger charge is 2.29. The van der Waals surface area contributed by atoms with E-state index < -0.39 is 5.54 Å². The van der Waals surface area contributed by atoms with E-state index in [0.29, 0.717) is 10.9 Å². The van der Waals surface area contributed by atoms with Gasteiger partial charge in [-0.2, -0.15) is 0 Å². The van der Waals surface area contributed by atoms with Crippen LogP contribution in [0.5, 0.6) is 0 Å². The van der Waals surface area contributed by atoms with Gasteiger partial charge < -0.3 is 10.2 Å². The van der Waals surface area contributed by atoms with Gasteiger partial charge in [0.25, 0.3) is 0 Å².